The van der Waals surface area contributed by atoms with Crippen molar-refractivity contribution in [1.82, 2.24) is 5.32 Å². The summed E-state index contributed by atoms with van der Waals surface area (Å²) in [5, 5.41) is 69.4. The van der Waals surface area contributed by atoms with Gasteiger partial charge in [0.25, 0.3) is 5.91 Å². The van der Waals surface area contributed by atoms with E-state index >= 15 is 0 Å². The second kappa shape index (κ2) is 15.6. The Bertz CT molecular complexity index is 1720. The number of benzene rings is 1. The monoisotopic (exact) mass is 697 g/mol. The van der Waals surface area contributed by atoms with Crippen molar-refractivity contribution in [3.8, 4) is 11.5 Å². The van der Waals surface area contributed by atoms with E-state index in [0.717, 1.165) is 7.11 Å². The average Bonchev–Trinajstić information content (AvgIpc) is 3.08. The Morgan fingerprint density at radius 3 is 1.72 bits per heavy atom. The number of phenols is 2. The molecule has 2 aliphatic heterocycles. The maximum atomic E-state index is 13.9. The van der Waals surface area contributed by atoms with Crippen molar-refractivity contribution < 1.29 is 59.3 Å². The number of hydrogen-bond donors (Lipinski definition) is 7. The minimum Gasteiger partial charge on any atom is -0.507 e. The summed E-state index contributed by atoms with van der Waals surface area (Å²) in [4.78, 5) is 67.5. The predicted molar refractivity (Wildman–Crippen MR) is 181 cm³/mol. The molecule has 1 aliphatic carbocycles. The number of carbonyl (C=O) groups excluding carboxylic acids is 5. The lowest BCUT2D eigenvalue weighted by Gasteiger charge is -2.37. The van der Waals surface area contributed by atoms with E-state index in [1.165, 1.54) is 72.8 Å². The van der Waals surface area contributed by atoms with E-state index in [1.807, 2.05) is 0 Å². The zero-order valence-electron chi connectivity index (χ0n) is 29.6. The van der Waals surface area contributed by atoms with E-state index < -0.39 is 117 Å². The van der Waals surface area contributed by atoms with Gasteiger partial charge in [-0.1, -0.05) is 52.0 Å². The van der Waals surface area contributed by atoms with Crippen LogP contribution >= 0.6 is 0 Å². The lowest BCUT2D eigenvalue weighted by molar-refractivity contribution is -0.164. The van der Waals surface area contributed by atoms with Gasteiger partial charge in [-0.3, -0.25) is 24.0 Å². The molecular formula is C37H47NO12. The zero-order chi connectivity index (χ0) is 38.1. The number of nitrogens with one attached hydrogen (secondary N) is 1. The summed E-state index contributed by atoms with van der Waals surface area (Å²) in [6.45, 7) is 11.3. The van der Waals surface area contributed by atoms with E-state index in [-0.39, 0.29) is 22.3 Å². The first-order valence-electron chi connectivity index (χ1n) is 16.3. The van der Waals surface area contributed by atoms with Crippen molar-refractivity contribution >= 4 is 29.2 Å². The standard InChI is InChI=1S/C37H47NO12/c1-14-11-10-12-15(2)36(48)38-26-18(5)30(42)22-23(31(43)21(8)32(44)24(22)35(26)47)29(41)17(4)13-16(3)28(40)20(7)34(46)25(37(49)50-9)33(45)19(6)27(14)39/h10-14,16,19-20,25,27-28,33-34,39-40,43-46H,1-9H3,(H,38,48)/b11-10-,15-12+,17-13+/t14-,16+,19-,20-,25-,27-,28+,33-,34?/m1/s1. The fourth-order valence-electron chi connectivity index (χ4n) is 6.44. The number of rotatable bonds is 1. The summed E-state index contributed by atoms with van der Waals surface area (Å²) in [6, 6.07) is 0. The Balaban J connectivity index is 2.28. The summed E-state index contributed by atoms with van der Waals surface area (Å²) < 4.78 is 4.86. The minimum atomic E-state index is -1.69. The van der Waals surface area contributed by atoms with Crippen molar-refractivity contribution in [3.63, 3.8) is 0 Å². The Morgan fingerprint density at radius 1 is 0.700 bits per heavy atom. The summed E-state index contributed by atoms with van der Waals surface area (Å²) in [6.07, 6.45) is -0.296. The van der Waals surface area contributed by atoms with Gasteiger partial charge in [0.15, 0.2) is 11.6 Å². The van der Waals surface area contributed by atoms with Crippen LogP contribution in [-0.2, 0) is 14.3 Å². The number of allylic oxidation sites excluding steroid dienone is 5. The van der Waals surface area contributed by atoms with Gasteiger partial charge in [-0.05, 0) is 33.3 Å². The van der Waals surface area contributed by atoms with Gasteiger partial charge < -0.3 is 40.7 Å². The molecule has 1 unspecified atom stereocenters. The van der Waals surface area contributed by atoms with Gasteiger partial charge in [0.2, 0.25) is 5.78 Å². The molecule has 7 N–H and O–H groups in total. The number of fused-ring (bicyclic) bond motifs is 15. The van der Waals surface area contributed by atoms with Gasteiger partial charge in [0.1, 0.15) is 17.4 Å². The van der Waals surface area contributed by atoms with Crippen LogP contribution in [0.1, 0.15) is 85.1 Å². The number of esters is 1. The SMILES string of the molecule is COC(=O)[C@H]1C(O)[C@H](C)[C@@H](O)[C@@H](C)/C=C(\C)C(=O)c2c(O)c(C)c(O)c3c2C(=O)C(C)=C(NC(=O)/C(C)=C/C=C\[C@@H](C)[C@@H](O)[C@@H](C)[C@H]1O)C3=O. The molecule has 9 atom stereocenters. The van der Waals surface area contributed by atoms with E-state index in [9.17, 15) is 54.6 Å². The van der Waals surface area contributed by atoms with Crippen molar-refractivity contribution in [2.75, 3.05) is 7.11 Å². The largest absolute Gasteiger partial charge is 0.507 e. The Hall–Kier alpha value is -4.43. The third kappa shape index (κ3) is 7.36. The van der Waals surface area contributed by atoms with E-state index in [4.69, 9.17) is 4.74 Å². The van der Waals surface area contributed by atoms with E-state index in [1.54, 1.807) is 6.92 Å². The first kappa shape index (κ1) is 40.0. The van der Waals surface area contributed by atoms with Crippen LogP contribution in [0.15, 0.2) is 46.7 Å². The fraction of sp³-hybridized carbons (Fsp3) is 0.486. The highest BCUT2D eigenvalue weighted by atomic mass is 16.5. The van der Waals surface area contributed by atoms with Crippen LogP contribution in [-0.4, -0.2) is 91.4 Å². The van der Waals surface area contributed by atoms with Crippen LogP contribution in [0.4, 0.5) is 0 Å². The number of aliphatic hydroxyl groups is 4. The first-order chi connectivity index (χ1) is 23.2. The first-order valence-corrected chi connectivity index (χ1v) is 16.3. The molecule has 13 heteroatoms. The van der Waals surface area contributed by atoms with Crippen LogP contribution in [0.25, 0.3) is 0 Å². The molecule has 0 fully saturated rings. The smallest absolute Gasteiger partial charge is 0.313 e. The number of carbonyl (C=O) groups is 5. The number of aromatic hydroxyl groups is 2. The van der Waals surface area contributed by atoms with Gasteiger partial charge >= 0.3 is 5.97 Å². The van der Waals surface area contributed by atoms with Crippen LogP contribution in [0.3, 0.4) is 0 Å². The summed E-state index contributed by atoms with van der Waals surface area (Å²) in [5.74, 6) is -11.2. The predicted octanol–water partition coefficient (Wildman–Crippen LogP) is 2.60. The van der Waals surface area contributed by atoms with Crippen molar-refractivity contribution in [1.29, 1.82) is 0 Å². The van der Waals surface area contributed by atoms with Crippen molar-refractivity contribution in [2.45, 2.75) is 79.8 Å². The molecular weight excluding hydrogens is 650 g/mol. The lowest BCUT2D eigenvalue weighted by atomic mass is 9.76. The minimum absolute atomic E-state index is 0.0799. The number of phenolic OH excluding ortho intramolecular Hbond substituents is 2. The topological polar surface area (TPSA) is 228 Å². The molecule has 13 nitrogen and oxygen atoms in total. The van der Waals surface area contributed by atoms with Crippen molar-refractivity contribution in [2.24, 2.45) is 29.6 Å². The molecule has 0 spiro atoms. The molecule has 1 aromatic carbocycles. The number of Topliss-reactive ketones (excluding diaryl/α,β-unsaturated/α-hetero) is 3. The normalized spacial score (nSPS) is 33.3. The van der Waals surface area contributed by atoms with Crippen LogP contribution in [0.2, 0.25) is 0 Å². The molecule has 2 heterocycles. The molecule has 0 aromatic heterocycles. The summed E-state index contributed by atoms with van der Waals surface area (Å²) in [5.41, 5.74) is -2.61. The number of aliphatic hydroxyl groups excluding tert-OH is 4. The Labute approximate surface area is 290 Å². The van der Waals surface area contributed by atoms with Crippen LogP contribution in [0.5, 0.6) is 11.5 Å². The number of ether oxygens (including phenoxy) is 1. The summed E-state index contributed by atoms with van der Waals surface area (Å²) in [7, 11) is 1.07. The number of hydrogen-bond acceptors (Lipinski definition) is 12. The van der Waals surface area contributed by atoms with Crippen molar-refractivity contribution in [3.05, 3.63) is 69.0 Å². The molecule has 50 heavy (non-hydrogen) atoms. The zero-order valence-corrected chi connectivity index (χ0v) is 29.6. The molecule has 0 radical (unpaired) electrons. The quantitative estimate of drug-likeness (QED) is 0.210. The summed E-state index contributed by atoms with van der Waals surface area (Å²) >= 11 is 0. The molecule has 272 valence electrons. The molecule has 0 saturated heterocycles. The maximum Gasteiger partial charge on any atom is 0.313 e. The lowest BCUT2D eigenvalue weighted by Crippen LogP contribution is -2.50. The van der Waals surface area contributed by atoms with Crippen LogP contribution < -0.4 is 5.32 Å². The van der Waals surface area contributed by atoms with Gasteiger partial charge in [-0.2, -0.15) is 0 Å². The third-order valence-electron chi connectivity index (χ3n) is 9.98. The number of amides is 1. The molecule has 4 bridgehead atoms. The Morgan fingerprint density at radius 2 is 1.20 bits per heavy atom. The van der Waals surface area contributed by atoms with E-state index in [0.29, 0.717) is 0 Å². The van der Waals surface area contributed by atoms with Gasteiger partial charge in [0, 0.05) is 40.4 Å². The molecule has 1 aromatic rings. The van der Waals surface area contributed by atoms with Gasteiger partial charge in [0.05, 0.1) is 53.9 Å². The third-order valence-corrected chi connectivity index (χ3v) is 9.98. The second-order valence-electron chi connectivity index (χ2n) is 13.4. The van der Waals surface area contributed by atoms with Gasteiger partial charge in [-0.25, -0.2) is 0 Å². The highest BCUT2D eigenvalue weighted by Gasteiger charge is 2.45. The van der Waals surface area contributed by atoms with Gasteiger partial charge in [-0.15, -0.1) is 0 Å². The Kier molecular flexibility index (Phi) is 12.5. The van der Waals surface area contributed by atoms with Crippen LogP contribution in [0, 0.1) is 36.5 Å². The molecule has 1 amide bonds. The average molecular weight is 698 g/mol. The number of ketones is 3. The highest BCUT2D eigenvalue weighted by molar-refractivity contribution is 6.32. The molecule has 4 rings (SSSR count). The highest BCUT2D eigenvalue weighted by Crippen LogP contribution is 2.43. The van der Waals surface area contributed by atoms with E-state index in [2.05, 4.69) is 5.32 Å². The fourth-order valence-corrected chi connectivity index (χ4v) is 6.44. The molecule has 0 saturated carbocycles. The maximum absolute atomic E-state index is 13.9. The number of methoxy groups -OCH3 is 1. The second-order valence-corrected chi connectivity index (χ2v) is 13.4. The molecule has 3 aliphatic rings.